The molecule has 1 aliphatic carbocycles. The second-order valence-electron chi connectivity index (χ2n) is 5.35. The Hall–Kier alpha value is -1.27. The van der Waals surface area contributed by atoms with Crippen molar-refractivity contribution in [1.29, 1.82) is 0 Å². The molecule has 0 bridgehead atoms. The molecule has 2 rings (SSSR count). The van der Waals surface area contributed by atoms with Gasteiger partial charge in [-0.25, -0.2) is 13.2 Å². The number of benzene rings is 1. The summed E-state index contributed by atoms with van der Waals surface area (Å²) in [6, 6.07) is 0.966. The van der Waals surface area contributed by atoms with E-state index in [0.717, 1.165) is 32.1 Å². The first-order chi connectivity index (χ1) is 9.41. The van der Waals surface area contributed by atoms with E-state index in [1.165, 1.54) is 0 Å². The minimum atomic E-state index is -1.21. The maximum absolute atomic E-state index is 13.5. The molecule has 0 spiro atoms. The van der Waals surface area contributed by atoms with Crippen LogP contribution in [0, 0.1) is 17.5 Å². The molecule has 7 heteroatoms. The van der Waals surface area contributed by atoms with E-state index in [1.807, 2.05) is 0 Å². The molecular formula is C14H18ClF3N2O. The summed E-state index contributed by atoms with van der Waals surface area (Å²) in [4.78, 5) is 11.8. The van der Waals surface area contributed by atoms with Crippen LogP contribution in [0.15, 0.2) is 12.1 Å². The molecule has 1 aromatic carbocycles. The molecule has 1 aromatic rings. The van der Waals surface area contributed by atoms with Gasteiger partial charge in [-0.05, 0) is 12.8 Å². The van der Waals surface area contributed by atoms with Gasteiger partial charge in [-0.2, -0.15) is 0 Å². The van der Waals surface area contributed by atoms with Crippen LogP contribution >= 0.6 is 12.4 Å². The molecule has 21 heavy (non-hydrogen) atoms. The summed E-state index contributed by atoms with van der Waals surface area (Å²) in [5.74, 6) is -4.39. The van der Waals surface area contributed by atoms with Gasteiger partial charge in [0.2, 0.25) is 0 Å². The lowest BCUT2D eigenvalue weighted by atomic mass is 9.82. The van der Waals surface area contributed by atoms with E-state index >= 15 is 0 Å². The molecule has 1 fully saturated rings. The van der Waals surface area contributed by atoms with Gasteiger partial charge in [0.15, 0.2) is 0 Å². The summed E-state index contributed by atoms with van der Waals surface area (Å²) in [6.07, 6.45) is 4.59. The largest absolute Gasteiger partial charge is 0.350 e. The molecular weight excluding hydrogens is 305 g/mol. The van der Waals surface area contributed by atoms with E-state index in [-0.39, 0.29) is 19.0 Å². The fourth-order valence-electron chi connectivity index (χ4n) is 2.54. The lowest BCUT2D eigenvalue weighted by molar-refractivity contribution is 0.0929. The minimum Gasteiger partial charge on any atom is -0.350 e. The monoisotopic (exact) mass is 322 g/mol. The molecule has 0 atom stereocenters. The Kier molecular flexibility index (Phi) is 6.04. The van der Waals surface area contributed by atoms with Crippen molar-refractivity contribution in [3.05, 3.63) is 35.1 Å². The second kappa shape index (κ2) is 7.13. The number of rotatable bonds is 3. The van der Waals surface area contributed by atoms with Crippen molar-refractivity contribution in [2.24, 2.45) is 5.73 Å². The van der Waals surface area contributed by atoms with Gasteiger partial charge >= 0.3 is 0 Å². The Balaban J connectivity index is 0.00000220. The zero-order valence-corrected chi connectivity index (χ0v) is 12.2. The van der Waals surface area contributed by atoms with Crippen LogP contribution in [0.25, 0.3) is 0 Å². The number of halogens is 4. The van der Waals surface area contributed by atoms with Crippen LogP contribution < -0.4 is 11.1 Å². The second-order valence-corrected chi connectivity index (χ2v) is 5.35. The molecule has 0 radical (unpaired) electrons. The van der Waals surface area contributed by atoms with E-state index in [2.05, 4.69) is 5.32 Å². The highest BCUT2D eigenvalue weighted by Crippen LogP contribution is 2.25. The van der Waals surface area contributed by atoms with Gasteiger partial charge in [0.1, 0.15) is 23.0 Å². The Morgan fingerprint density at radius 3 is 2.19 bits per heavy atom. The smallest absolute Gasteiger partial charge is 0.257 e. The van der Waals surface area contributed by atoms with Crippen LogP contribution in [-0.2, 0) is 0 Å². The summed E-state index contributed by atoms with van der Waals surface area (Å²) < 4.78 is 39.7. The standard InChI is InChI=1S/C14H17F3N2O.ClH/c15-9-6-10(16)12(11(17)7-9)13(20)19-8-14(18)4-2-1-3-5-14;/h6-7H,1-5,8,18H2,(H,19,20);1H. The number of nitrogens with one attached hydrogen (secondary N) is 1. The Labute approximate surface area is 127 Å². The molecule has 0 heterocycles. The predicted octanol–water partition coefficient (Wildman–Crippen LogP) is 2.92. The van der Waals surface area contributed by atoms with Gasteiger partial charge in [0.05, 0.1) is 0 Å². The molecule has 1 saturated carbocycles. The fraction of sp³-hybridized carbons (Fsp3) is 0.500. The van der Waals surface area contributed by atoms with Crippen molar-refractivity contribution in [3.63, 3.8) is 0 Å². The van der Waals surface area contributed by atoms with Gasteiger partial charge < -0.3 is 11.1 Å². The Morgan fingerprint density at radius 2 is 1.67 bits per heavy atom. The molecule has 1 amide bonds. The van der Waals surface area contributed by atoms with Crippen molar-refractivity contribution in [2.75, 3.05) is 6.54 Å². The maximum Gasteiger partial charge on any atom is 0.257 e. The van der Waals surface area contributed by atoms with Gasteiger partial charge in [-0.1, -0.05) is 19.3 Å². The Morgan fingerprint density at radius 1 is 1.14 bits per heavy atom. The number of hydrogen-bond donors (Lipinski definition) is 2. The van der Waals surface area contributed by atoms with Crippen molar-refractivity contribution in [3.8, 4) is 0 Å². The summed E-state index contributed by atoms with van der Waals surface area (Å²) in [7, 11) is 0. The molecule has 1 aliphatic rings. The molecule has 3 N–H and O–H groups in total. The molecule has 0 unspecified atom stereocenters. The SMILES string of the molecule is Cl.NC1(CNC(=O)c2c(F)cc(F)cc2F)CCCCC1. The average molecular weight is 323 g/mol. The van der Waals surface area contributed by atoms with Crippen molar-refractivity contribution in [1.82, 2.24) is 5.32 Å². The van der Waals surface area contributed by atoms with Crippen LogP contribution in [-0.4, -0.2) is 18.0 Å². The highest BCUT2D eigenvalue weighted by atomic mass is 35.5. The molecule has 0 aliphatic heterocycles. The highest BCUT2D eigenvalue weighted by Gasteiger charge is 2.29. The van der Waals surface area contributed by atoms with E-state index in [9.17, 15) is 18.0 Å². The highest BCUT2D eigenvalue weighted by molar-refractivity contribution is 5.94. The normalized spacial score (nSPS) is 17.0. The molecule has 0 aromatic heterocycles. The lowest BCUT2D eigenvalue weighted by Gasteiger charge is -2.33. The van der Waals surface area contributed by atoms with Crippen LogP contribution in [0.4, 0.5) is 13.2 Å². The summed E-state index contributed by atoms with van der Waals surface area (Å²) in [5.41, 5.74) is 4.82. The fourth-order valence-corrected chi connectivity index (χ4v) is 2.54. The zero-order valence-electron chi connectivity index (χ0n) is 11.4. The first-order valence-electron chi connectivity index (χ1n) is 6.63. The summed E-state index contributed by atoms with van der Waals surface area (Å²) >= 11 is 0. The number of nitrogens with two attached hydrogens (primary N) is 1. The van der Waals surface area contributed by atoms with Crippen molar-refractivity contribution in [2.45, 2.75) is 37.6 Å². The van der Waals surface area contributed by atoms with E-state index in [1.54, 1.807) is 0 Å². The van der Waals surface area contributed by atoms with Crippen LogP contribution in [0.2, 0.25) is 0 Å². The topological polar surface area (TPSA) is 55.1 Å². The zero-order chi connectivity index (χ0) is 14.8. The third-order valence-electron chi connectivity index (χ3n) is 3.68. The maximum atomic E-state index is 13.5. The van der Waals surface area contributed by atoms with E-state index < -0.39 is 34.5 Å². The lowest BCUT2D eigenvalue weighted by Crippen LogP contribution is -2.51. The predicted molar refractivity (Wildman–Crippen MR) is 75.9 cm³/mol. The number of carbonyl (C=O) groups excluding carboxylic acids is 1. The first kappa shape index (κ1) is 17.8. The van der Waals surface area contributed by atoms with Gasteiger partial charge in [-0.3, -0.25) is 4.79 Å². The third-order valence-corrected chi connectivity index (χ3v) is 3.68. The van der Waals surface area contributed by atoms with Gasteiger partial charge in [0, 0.05) is 24.2 Å². The summed E-state index contributed by atoms with van der Waals surface area (Å²) in [6.45, 7) is 0.155. The van der Waals surface area contributed by atoms with Crippen LogP contribution in [0.3, 0.4) is 0 Å². The quantitative estimate of drug-likeness (QED) is 0.899. The minimum absolute atomic E-state index is 0. The van der Waals surface area contributed by atoms with Crippen LogP contribution in [0.5, 0.6) is 0 Å². The van der Waals surface area contributed by atoms with E-state index in [4.69, 9.17) is 5.73 Å². The van der Waals surface area contributed by atoms with Crippen molar-refractivity contribution < 1.29 is 18.0 Å². The Bertz CT molecular complexity index is 496. The first-order valence-corrected chi connectivity index (χ1v) is 6.63. The van der Waals surface area contributed by atoms with Gasteiger partial charge in [0.25, 0.3) is 5.91 Å². The van der Waals surface area contributed by atoms with Gasteiger partial charge in [-0.15, -0.1) is 12.4 Å². The van der Waals surface area contributed by atoms with Crippen molar-refractivity contribution >= 4 is 18.3 Å². The number of carbonyl (C=O) groups is 1. The van der Waals surface area contributed by atoms with E-state index in [0.29, 0.717) is 12.1 Å². The number of hydrogen-bond acceptors (Lipinski definition) is 2. The third kappa shape index (κ3) is 4.35. The number of amides is 1. The molecule has 0 saturated heterocycles. The summed E-state index contributed by atoms with van der Waals surface area (Å²) in [5, 5.41) is 2.44. The molecule has 3 nitrogen and oxygen atoms in total. The average Bonchev–Trinajstić information content (AvgIpc) is 2.36. The molecule has 118 valence electrons. The van der Waals surface area contributed by atoms with Crippen LogP contribution in [0.1, 0.15) is 42.5 Å².